The van der Waals surface area contributed by atoms with Gasteiger partial charge in [-0.25, -0.2) is 4.98 Å². The van der Waals surface area contributed by atoms with Crippen LogP contribution in [0.4, 0.5) is 24.5 Å². The Labute approximate surface area is 225 Å². The van der Waals surface area contributed by atoms with Gasteiger partial charge in [-0.3, -0.25) is 4.79 Å². The van der Waals surface area contributed by atoms with Crippen molar-refractivity contribution >= 4 is 45.9 Å². The number of aromatic nitrogens is 1. The van der Waals surface area contributed by atoms with Crippen molar-refractivity contribution in [2.75, 3.05) is 42.9 Å². The van der Waals surface area contributed by atoms with Gasteiger partial charge in [0.25, 0.3) is 5.91 Å². The van der Waals surface area contributed by atoms with E-state index in [0.717, 1.165) is 87.1 Å². The van der Waals surface area contributed by atoms with Gasteiger partial charge in [0.2, 0.25) is 0 Å². The van der Waals surface area contributed by atoms with E-state index in [1.54, 1.807) is 5.38 Å². The van der Waals surface area contributed by atoms with Crippen LogP contribution in [0.5, 0.6) is 0 Å². The van der Waals surface area contributed by atoms with Crippen LogP contribution in [0, 0.1) is 0 Å². The summed E-state index contributed by atoms with van der Waals surface area (Å²) in [6.07, 6.45) is 2.70. The molecule has 1 amide bonds. The molecule has 3 heterocycles. The summed E-state index contributed by atoms with van der Waals surface area (Å²) in [6, 6.07) is 3.55. The van der Waals surface area contributed by atoms with Crippen molar-refractivity contribution < 1.29 is 18.0 Å². The lowest BCUT2D eigenvalue weighted by molar-refractivity contribution is -0.137. The van der Waals surface area contributed by atoms with Crippen molar-refractivity contribution in [2.24, 2.45) is 0 Å². The maximum absolute atomic E-state index is 13.4. The Morgan fingerprint density at radius 3 is 2.57 bits per heavy atom. The number of likely N-dealkylation sites (tertiary alicyclic amines) is 1. The van der Waals surface area contributed by atoms with E-state index in [2.05, 4.69) is 27.4 Å². The zero-order valence-corrected chi connectivity index (χ0v) is 22.7. The molecule has 1 aromatic carbocycles. The van der Waals surface area contributed by atoms with Gasteiger partial charge < -0.3 is 20.4 Å². The molecule has 2 aliphatic heterocycles. The molecule has 2 fully saturated rings. The standard InChI is InChI=1S/C26H34F3N5OS2/c1-2-3-4-11-30-25(36)34-14-9-18(10-15-34)24-32-21(17-37-24)23(35)31-20-16-19(26(27,28)29)7-8-22(20)33-12-5-6-13-33/h7-8,16-18H,2-6,9-15H2,1H3,(H,30,36)(H,31,35). The summed E-state index contributed by atoms with van der Waals surface area (Å²) in [4.78, 5) is 21.8. The summed E-state index contributed by atoms with van der Waals surface area (Å²) < 4.78 is 40.1. The highest BCUT2D eigenvalue weighted by Gasteiger charge is 2.32. The van der Waals surface area contributed by atoms with Crippen LogP contribution < -0.4 is 15.5 Å². The van der Waals surface area contributed by atoms with Crippen molar-refractivity contribution in [3.63, 3.8) is 0 Å². The molecule has 6 nitrogen and oxygen atoms in total. The number of hydrogen-bond donors (Lipinski definition) is 2. The van der Waals surface area contributed by atoms with Crippen molar-refractivity contribution in [3.05, 3.63) is 39.8 Å². The van der Waals surface area contributed by atoms with E-state index < -0.39 is 17.6 Å². The molecule has 11 heteroatoms. The molecule has 0 atom stereocenters. The smallest absolute Gasteiger partial charge is 0.370 e. The summed E-state index contributed by atoms with van der Waals surface area (Å²) in [7, 11) is 0. The number of rotatable bonds is 8. The van der Waals surface area contributed by atoms with E-state index in [1.165, 1.54) is 30.2 Å². The van der Waals surface area contributed by atoms with E-state index in [-0.39, 0.29) is 17.3 Å². The van der Waals surface area contributed by atoms with E-state index >= 15 is 0 Å². The van der Waals surface area contributed by atoms with E-state index in [9.17, 15) is 18.0 Å². The fourth-order valence-corrected chi connectivity index (χ4v) is 6.08. The molecule has 2 N–H and O–H groups in total. The molecule has 0 radical (unpaired) electrons. The molecule has 0 spiro atoms. The number of unbranched alkanes of at least 4 members (excludes halogenated alkanes) is 2. The summed E-state index contributed by atoms with van der Waals surface area (Å²) in [5.74, 6) is -0.253. The van der Waals surface area contributed by atoms with Gasteiger partial charge in [-0.05, 0) is 62.5 Å². The molecular formula is C26H34F3N5OS2. The Kier molecular flexibility index (Phi) is 9.28. The van der Waals surface area contributed by atoms with Crippen LogP contribution in [0.15, 0.2) is 23.6 Å². The second kappa shape index (κ2) is 12.4. The quantitative estimate of drug-likeness (QED) is 0.297. The van der Waals surface area contributed by atoms with E-state index in [1.807, 2.05) is 4.90 Å². The number of piperidine rings is 1. The number of thiazole rings is 1. The maximum Gasteiger partial charge on any atom is 0.416 e. The first-order chi connectivity index (χ1) is 17.8. The minimum absolute atomic E-state index is 0.171. The number of thiocarbonyl (C=S) groups is 1. The summed E-state index contributed by atoms with van der Waals surface area (Å²) >= 11 is 6.97. The molecule has 37 heavy (non-hydrogen) atoms. The largest absolute Gasteiger partial charge is 0.416 e. The van der Waals surface area contributed by atoms with E-state index in [4.69, 9.17) is 12.2 Å². The Bertz CT molecular complexity index is 1080. The minimum Gasteiger partial charge on any atom is -0.370 e. The molecule has 0 aliphatic carbocycles. The van der Waals surface area contributed by atoms with Gasteiger partial charge >= 0.3 is 6.18 Å². The predicted molar refractivity (Wildman–Crippen MR) is 147 cm³/mol. The molecule has 2 aliphatic rings. The first kappa shape index (κ1) is 27.6. The Hall–Kier alpha value is -2.40. The first-order valence-electron chi connectivity index (χ1n) is 13.0. The Balaban J connectivity index is 1.38. The summed E-state index contributed by atoms with van der Waals surface area (Å²) in [6.45, 7) is 6.23. The summed E-state index contributed by atoms with van der Waals surface area (Å²) in [5.41, 5.74) is 0.236. The van der Waals surface area contributed by atoms with Gasteiger partial charge in [0.05, 0.1) is 21.9 Å². The van der Waals surface area contributed by atoms with Gasteiger partial charge in [0, 0.05) is 44.0 Å². The van der Waals surface area contributed by atoms with Crippen molar-refractivity contribution in [2.45, 2.75) is 64.0 Å². The second-order valence-corrected chi connectivity index (χ2v) is 10.9. The highest BCUT2D eigenvalue weighted by Crippen LogP contribution is 2.37. The number of carbonyl (C=O) groups is 1. The number of hydrogen-bond acceptors (Lipinski definition) is 5. The van der Waals surface area contributed by atoms with Crippen LogP contribution in [0.1, 0.15) is 78.8 Å². The Morgan fingerprint density at radius 1 is 1.16 bits per heavy atom. The van der Waals surface area contributed by atoms with Crippen LogP contribution >= 0.6 is 23.6 Å². The lowest BCUT2D eigenvalue weighted by Crippen LogP contribution is -2.44. The lowest BCUT2D eigenvalue weighted by Gasteiger charge is -2.33. The molecule has 4 rings (SSSR count). The van der Waals surface area contributed by atoms with Gasteiger partial charge in [0.15, 0.2) is 5.11 Å². The number of halogens is 3. The third-order valence-corrected chi connectivity index (χ3v) is 8.37. The number of nitrogens with one attached hydrogen (secondary N) is 2. The molecule has 202 valence electrons. The SMILES string of the molecule is CCCCCNC(=S)N1CCC(c2nc(C(=O)Nc3cc(C(F)(F)F)ccc3N3CCCC3)cs2)CC1. The maximum atomic E-state index is 13.4. The van der Waals surface area contributed by atoms with Crippen LogP contribution in [0.2, 0.25) is 0 Å². The second-order valence-electron chi connectivity index (χ2n) is 9.65. The highest BCUT2D eigenvalue weighted by molar-refractivity contribution is 7.80. The molecule has 1 aromatic heterocycles. The third kappa shape index (κ3) is 7.13. The van der Waals surface area contributed by atoms with Gasteiger partial charge in [-0.2, -0.15) is 13.2 Å². The lowest BCUT2D eigenvalue weighted by atomic mass is 9.98. The average molecular weight is 554 g/mol. The van der Waals surface area contributed by atoms with Gasteiger partial charge in [0.1, 0.15) is 5.69 Å². The predicted octanol–water partition coefficient (Wildman–Crippen LogP) is 6.26. The monoisotopic (exact) mass is 553 g/mol. The molecule has 0 saturated carbocycles. The number of amides is 1. The summed E-state index contributed by atoms with van der Waals surface area (Å²) in [5, 5.41) is 9.43. The minimum atomic E-state index is -4.49. The van der Waals surface area contributed by atoms with Crippen molar-refractivity contribution in [3.8, 4) is 0 Å². The van der Waals surface area contributed by atoms with Crippen LogP contribution in [-0.2, 0) is 6.18 Å². The number of carbonyl (C=O) groups excluding carboxylic acids is 1. The zero-order valence-electron chi connectivity index (χ0n) is 21.1. The van der Waals surface area contributed by atoms with Crippen LogP contribution in [0.3, 0.4) is 0 Å². The third-order valence-electron chi connectivity index (χ3n) is 6.96. The fourth-order valence-electron chi connectivity index (χ4n) is 4.82. The molecule has 0 unspecified atom stereocenters. The van der Waals surface area contributed by atoms with Crippen molar-refractivity contribution in [1.29, 1.82) is 0 Å². The highest BCUT2D eigenvalue weighted by atomic mass is 32.1. The number of alkyl halides is 3. The van der Waals surface area contributed by atoms with Gasteiger partial charge in [-0.1, -0.05) is 19.8 Å². The number of nitrogens with zero attached hydrogens (tertiary/aromatic N) is 3. The zero-order chi connectivity index (χ0) is 26.4. The average Bonchev–Trinajstić information content (AvgIpc) is 3.59. The van der Waals surface area contributed by atoms with Crippen LogP contribution in [-0.4, -0.2) is 53.6 Å². The Morgan fingerprint density at radius 2 is 1.89 bits per heavy atom. The normalized spacial score (nSPS) is 16.8. The number of anilines is 2. The van der Waals surface area contributed by atoms with Crippen LogP contribution in [0.25, 0.3) is 0 Å². The van der Waals surface area contributed by atoms with Gasteiger partial charge in [-0.15, -0.1) is 11.3 Å². The first-order valence-corrected chi connectivity index (χ1v) is 14.3. The van der Waals surface area contributed by atoms with E-state index in [0.29, 0.717) is 5.69 Å². The molecule has 2 saturated heterocycles. The molecule has 0 bridgehead atoms. The number of benzene rings is 1. The molecular weight excluding hydrogens is 519 g/mol. The molecule has 2 aromatic rings. The fraction of sp³-hybridized carbons (Fsp3) is 0.577. The topological polar surface area (TPSA) is 60.5 Å². The van der Waals surface area contributed by atoms with Crippen molar-refractivity contribution in [1.82, 2.24) is 15.2 Å².